The van der Waals surface area contributed by atoms with Gasteiger partial charge in [-0.25, -0.2) is 4.39 Å². The van der Waals surface area contributed by atoms with Gasteiger partial charge in [0.25, 0.3) is 0 Å². The summed E-state index contributed by atoms with van der Waals surface area (Å²) < 4.78 is 17.0. The van der Waals surface area contributed by atoms with Crippen LogP contribution in [0.25, 0.3) is 10.8 Å². The maximum Gasteiger partial charge on any atom is 0.123 e. The average Bonchev–Trinajstić information content (AvgIpc) is 2.26. The second-order valence-electron chi connectivity index (χ2n) is 3.23. The molecule has 0 aromatic heterocycles. The molecular formula is C12H11FO2. The molecule has 2 rings (SSSR count). The summed E-state index contributed by atoms with van der Waals surface area (Å²) >= 11 is 0. The normalized spacial score (nSPS) is 10.5. The van der Waals surface area contributed by atoms with Crippen molar-refractivity contribution in [3.05, 3.63) is 36.4 Å². The standard InChI is InChI=1S/C12H11FO2/c13-5-6-15-12-4-2-9-7-11(14)3-1-10(9)8-12/h1-4,7-8,14H,5-6H2. The van der Waals surface area contributed by atoms with Gasteiger partial charge in [-0.2, -0.15) is 0 Å². The average molecular weight is 206 g/mol. The van der Waals surface area contributed by atoms with Crippen LogP contribution >= 0.6 is 0 Å². The highest BCUT2D eigenvalue weighted by atomic mass is 19.1. The van der Waals surface area contributed by atoms with Crippen molar-refractivity contribution in [2.24, 2.45) is 0 Å². The molecule has 2 aromatic carbocycles. The van der Waals surface area contributed by atoms with Crippen molar-refractivity contribution in [3.8, 4) is 11.5 Å². The minimum absolute atomic E-state index is 0.0730. The topological polar surface area (TPSA) is 29.5 Å². The van der Waals surface area contributed by atoms with Crippen LogP contribution in [0.1, 0.15) is 0 Å². The van der Waals surface area contributed by atoms with E-state index >= 15 is 0 Å². The Morgan fingerprint density at radius 1 is 1.07 bits per heavy atom. The summed E-state index contributed by atoms with van der Waals surface area (Å²) in [5, 5.41) is 11.2. The number of phenols is 1. The second kappa shape index (κ2) is 4.17. The predicted octanol–water partition coefficient (Wildman–Crippen LogP) is 2.89. The largest absolute Gasteiger partial charge is 0.508 e. The Morgan fingerprint density at radius 3 is 2.60 bits per heavy atom. The summed E-state index contributed by atoms with van der Waals surface area (Å²) in [6.07, 6.45) is 0. The van der Waals surface area contributed by atoms with Crippen LogP contribution < -0.4 is 4.74 Å². The lowest BCUT2D eigenvalue weighted by Gasteiger charge is -2.05. The van der Waals surface area contributed by atoms with Gasteiger partial charge in [0.05, 0.1) is 0 Å². The van der Waals surface area contributed by atoms with Crippen LogP contribution in [0.5, 0.6) is 11.5 Å². The fourth-order valence-electron chi connectivity index (χ4n) is 1.46. The predicted molar refractivity (Wildman–Crippen MR) is 57.1 cm³/mol. The maximum absolute atomic E-state index is 11.9. The number of aromatic hydroxyl groups is 1. The van der Waals surface area contributed by atoms with E-state index < -0.39 is 6.67 Å². The van der Waals surface area contributed by atoms with E-state index in [9.17, 15) is 9.50 Å². The molecule has 0 amide bonds. The molecule has 0 bridgehead atoms. The lowest BCUT2D eigenvalue weighted by molar-refractivity contribution is 0.273. The number of benzene rings is 2. The molecule has 0 atom stereocenters. The Balaban J connectivity index is 2.34. The molecule has 0 aliphatic heterocycles. The fraction of sp³-hybridized carbons (Fsp3) is 0.167. The first-order chi connectivity index (χ1) is 7.29. The summed E-state index contributed by atoms with van der Waals surface area (Å²) in [7, 11) is 0. The highest BCUT2D eigenvalue weighted by molar-refractivity contribution is 5.85. The molecule has 0 heterocycles. The lowest BCUT2D eigenvalue weighted by Crippen LogP contribution is -1.98. The minimum atomic E-state index is -0.492. The number of alkyl halides is 1. The Labute approximate surface area is 86.9 Å². The third kappa shape index (κ3) is 2.18. The Hall–Kier alpha value is -1.77. The molecule has 2 aromatic rings. The molecular weight excluding hydrogens is 195 g/mol. The van der Waals surface area contributed by atoms with Crippen molar-refractivity contribution in [3.63, 3.8) is 0 Å². The molecule has 0 saturated carbocycles. The molecule has 78 valence electrons. The highest BCUT2D eigenvalue weighted by Crippen LogP contribution is 2.24. The van der Waals surface area contributed by atoms with Gasteiger partial charge in [-0.1, -0.05) is 12.1 Å². The van der Waals surface area contributed by atoms with E-state index in [1.807, 2.05) is 12.1 Å². The summed E-state index contributed by atoms with van der Waals surface area (Å²) in [6, 6.07) is 10.5. The Bertz CT molecular complexity index is 468. The third-order valence-corrected chi connectivity index (χ3v) is 2.14. The zero-order valence-electron chi connectivity index (χ0n) is 8.11. The quantitative estimate of drug-likeness (QED) is 0.836. The van der Waals surface area contributed by atoms with Gasteiger partial charge in [0.2, 0.25) is 0 Å². The molecule has 0 aliphatic carbocycles. The van der Waals surface area contributed by atoms with Gasteiger partial charge in [0, 0.05) is 0 Å². The molecule has 0 saturated heterocycles. The summed E-state index contributed by atoms with van der Waals surface area (Å²) in [6.45, 7) is -0.419. The smallest absolute Gasteiger partial charge is 0.123 e. The van der Waals surface area contributed by atoms with Crippen molar-refractivity contribution in [1.29, 1.82) is 0 Å². The van der Waals surface area contributed by atoms with Gasteiger partial charge in [0.1, 0.15) is 24.8 Å². The van der Waals surface area contributed by atoms with E-state index in [2.05, 4.69) is 0 Å². The number of rotatable bonds is 3. The van der Waals surface area contributed by atoms with Crippen LogP contribution in [0.4, 0.5) is 4.39 Å². The Morgan fingerprint density at radius 2 is 1.80 bits per heavy atom. The van der Waals surface area contributed by atoms with E-state index in [1.165, 1.54) is 0 Å². The van der Waals surface area contributed by atoms with E-state index in [4.69, 9.17) is 4.74 Å². The molecule has 0 aliphatic rings. The van der Waals surface area contributed by atoms with Crippen LogP contribution in [0.15, 0.2) is 36.4 Å². The highest BCUT2D eigenvalue weighted by Gasteiger charge is 1.98. The van der Waals surface area contributed by atoms with E-state index in [-0.39, 0.29) is 12.4 Å². The zero-order chi connectivity index (χ0) is 10.7. The minimum Gasteiger partial charge on any atom is -0.508 e. The van der Waals surface area contributed by atoms with E-state index in [0.29, 0.717) is 5.75 Å². The summed E-state index contributed by atoms with van der Waals surface area (Å²) in [5.74, 6) is 0.880. The van der Waals surface area contributed by atoms with Crippen LogP contribution in [-0.4, -0.2) is 18.4 Å². The van der Waals surface area contributed by atoms with Crippen molar-refractivity contribution >= 4 is 10.8 Å². The van der Waals surface area contributed by atoms with E-state index in [1.54, 1.807) is 24.3 Å². The summed E-state index contributed by atoms with van der Waals surface area (Å²) in [5.41, 5.74) is 0. The number of hydrogen-bond donors (Lipinski definition) is 1. The van der Waals surface area contributed by atoms with Crippen molar-refractivity contribution in [1.82, 2.24) is 0 Å². The summed E-state index contributed by atoms with van der Waals surface area (Å²) in [4.78, 5) is 0. The Kier molecular flexibility index (Phi) is 2.72. The van der Waals surface area contributed by atoms with Crippen LogP contribution in [0.3, 0.4) is 0 Å². The van der Waals surface area contributed by atoms with Gasteiger partial charge in [-0.3, -0.25) is 0 Å². The second-order valence-corrected chi connectivity index (χ2v) is 3.23. The van der Waals surface area contributed by atoms with Crippen LogP contribution in [-0.2, 0) is 0 Å². The monoisotopic (exact) mass is 206 g/mol. The SMILES string of the molecule is Oc1ccc2cc(OCCF)ccc2c1. The zero-order valence-corrected chi connectivity index (χ0v) is 8.11. The van der Waals surface area contributed by atoms with Crippen molar-refractivity contribution in [2.45, 2.75) is 0 Å². The molecule has 1 N–H and O–H groups in total. The third-order valence-electron chi connectivity index (χ3n) is 2.14. The van der Waals surface area contributed by atoms with Crippen LogP contribution in [0, 0.1) is 0 Å². The first-order valence-corrected chi connectivity index (χ1v) is 4.71. The number of fused-ring (bicyclic) bond motifs is 1. The van der Waals surface area contributed by atoms with E-state index in [0.717, 1.165) is 10.8 Å². The van der Waals surface area contributed by atoms with Gasteiger partial charge in [0.15, 0.2) is 0 Å². The van der Waals surface area contributed by atoms with Crippen molar-refractivity contribution in [2.75, 3.05) is 13.3 Å². The number of halogens is 1. The fourth-order valence-corrected chi connectivity index (χ4v) is 1.46. The van der Waals surface area contributed by atoms with Crippen molar-refractivity contribution < 1.29 is 14.2 Å². The first-order valence-electron chi connectivity index (χ1n) is 4.71. The molecule has 0 fully saturated rings. The number of phenolic OH excluding ortho intramolecular Hbond substituents is 1. The van der Waals surface area contributed by atoms with Gasteiger partial charge in [-0.15, -0.1) is 0 Å². The van der Waals surface area contributed by atoms with Gasteiger partial charge < -0.3 is 9.84 Å². The first kappa shape index (κ1) is 9.77. The number of hydrogen-bond acceptors (Lipinski definition) is 2. The molecule has 0 radical (unpaired) electrons. The lowest BCUT2D eigenvalue weighted by atomic mass is 10.1. The molecule has 0 spiro atoms. The molecule has 15 heavy (non-hydrogen) atoms. The van der Waals surface area contributed by atoms with Gasteiger partial charge in [-0.05, 0) is 35.0 Å². The molecule has 2 nitrogen and oxygen atoms in total. The van der Waals surface area contributed by atoms with Gasteiger partial charge >= 0.3 is 0 Å². The molecule has 3 heteroatoms. The maximum atomic E-state index is 11.9. The number of ether oxygens (including phenoxy) is 1. The van der Waals surface area contributed by atoms with Crippen LogP contribution in [0.2, 0.25) is 0 Å². The molecule has 0 unspecified atom stereocenters.